The van der Waals surface area contributed by atoms with Crippen molar-refractivity contribution in [1.29, 1.82) is 0 Å². The van der Waals surface area contributed by atoms with Crippen LogP contribution in [0.3, 0.4) is 0 Å². The molecule has 1 aromatic carbocycles. The van der Waals surface area contributed by atoms with Crippen molar-refractivity contribution >= 4 is 23.4 Å². The fraction of sp³-hybridized carbons (Fsp3) is 0.429. The van der Waals surface area contributed by atoms with E-state index >= 15 is 0 Å². The van der Waals surface area contributed by atoms with E-state index in [4.69, 9.17) is 4.74 Å². The van der Waals surface area contributed by atoms with E-state index in [2.05, 4.69) is 15.6 Å². The highest BCUT2D eigenvalue weighted by molar-refractivity contribution is 6.02. The lowest BCUT2D eigenvalue weighted by atomic mass is 9.74. The Kier molecular flexibility index (Phi) is 5.84. The van der Waals surface area contributed by atoms with Crippen molar-refractivity contribution in [2.45, 2.75) is 62.4 Å². The molecule has 0 unspecified atom stereocenters. The normalized spacial score (nSPS) is 30.9. The van der Waals surface area contributed by atoms with Gasteiger partial charge in [0.1, 0.15) is 11.6 Å². The zero-order valence-corrected chi connectivity index (χ0v) is 20.0. The molecule has 8 heteroatoms. The summed E-state index contributed by atoms with van der Waals surface area (Å²) in [7, 11) is 0. The van der Waals surface area contributed by atoms with Crippen LogP contribution >= 0.6 is 0 Å². The van der Waals surface area contributed by atoms with E-state index in [1.54, 1.807) is 17.3 Å². The van der Waals surface area contributed by atoms with Gasteiger partial charge in [-0.2, -0.15) is 0 Å². The van der Waals surface area contributed by atoms with Crippen LogP contribution in [0.5, 0.6) is 0 Å². The molecule has 1 spiro atoms. The third kappa shape index (κ3) is 3.80. The number of hydrogen-bond donors (Lipinski definition) is 2. The molecule has 2 saturated heterocycles. The number of pyridine rings is 1. The molecule has 1 saturated carbocycles. The highest BCUT2D eigenvalue weighted by Gasteiger charge is 2.72. The zero-order chi connectivity index (χ0) is 24.7. The summed E-state index contributed by atoms with van der Waals surface area (Å²) in [5, 5.41) is 6.15. The summed E-state index contributed by atoms with van der Waals surface area (Å²) in [6.07, 6.45) is 11.7. The second-order valence-corrected chi connectivity index (χ2v) is 10.2. The number of hydrogen-bond acceptors (Lipinski definition) is 5. The molecule has 1 aromatic heterocycles. The maximum absolute atomic E-state index is 14.0. The van der Waals surface area contributed by atoms with Gasteiger partial charge in [-0.25, -0.2) is 0 Å². The van der Waals surface area contributed by atoms with Gasteiger partial charge < -0.3 is 20.3 Å². The predicted molar refractivity (Wildman–Crippen MR) is 132 cm³/mol. The van der Waals surface area contributed by atoms with E-state index in [0.29, 0.717) is 5.69 Å². The Balaban J connectivity index is 1.33. The van der Waals surface area contributed by atoms with Crippen LogP contribution in [0, 0.1) is 11.8 Å². The van der Waals surface area contributed by atoms with Crippen LogP contribution in [-0.2, 0) is 25.7 Å². The lowest BCUT2D eigenvalue weighted by Crippen LogP contribution is -2.56. The van der Waals surface area contributed by atoms with Crippen molar-refractivity contribution in [3.8, 4) is 0 Å². The minimum Gasteiger partial charge on any atom is -0.359 e. The molecule has 2 aromatic rings. The largest absolute Gasteiger partial charge is 0.359 e. The van der Waals surface area contributed by atoms with Crippen molar-refractivity contribution in [3.63, 3.8) is 0 Å². The number of carbonyl (C=O) groups excluding carboxylic acids is 3. The van der Waals surface area contributed by atoms with Gasteiger partial charge in [-0.05, 0) is 36.6 Å². The van der Waals surface area contributed by atoms with Gasteiger partial charge in [0.05, 0.1) is 17.9 Å². The molecule has 36 heavy (non-hydrogen) atoms. The first kappa shape index (κ1) is 22.9. The molecule has 2 bridgehead atoms. The quantitative estimate of drug-likeness (QED) is 0.612. The Morgan fingerprint density at radius 1 is 1.06 bits per heavy atom. The summed E-state index contributed by atoms with van der Waals surface area (Å²) in [4.78, 5) is 47.0. The number of para-hydroxylation sites is 1. The highest BCUT2D eigenvalue weighted by atomic mass is 16.5. The molecule has 3 fully saturated rings. The van der Waals surface area contributed by atoms with E-state index in [-0.39, 0.29) is 30.3 Å². The van der Waals surface area contributed by atoms with Gasteiger partial charge in [0, 0.05) is 30.7 Å². The first-order valence-electron chi connectivity index (χ1n) is 12.8. The molecule has 3 aliphatic heterocycles. The lowest BCUT2D eigenvalue weighted by molar-refractivity contribution is -0.142. The summed E-state index contributed by atoms with van der Waals surface area (Å²) in [6, 6.07) is 12.1. The number of amides is 3. The van der Waals surface area contributed by atoms with Gasteiger partial charge >= 0.3 is 0 Å². The maximum Gasteiger partial charge on any atom is 0.246 e. The second kappa shape index (κ2) is 9.17. The van der Waals surface area contributed by atoms with Crippen LogP contribution in [0.15, 0.2) is 67.0 Å². The number of fused-ring (bicyclic) bond motifs is 1. The fourth-order valence-electron chi connectivity index (χ4n) is 6.40. The Morgan fingerprint density at radius 2 is 1.86 bits per heavy atom. The number of benzene rings is 1. The van der Waals surface area contributed by atoms with Crippen LogP contribution < -0.4 is 10.6 Å². The van der Waals surface area contributed by atoms with Gasteiger partial charge in [-0.3, -0.25) is 19.4 Å². The Labute approximate surface area is 210 Å². The van der Waals surface area contributed by atoms with Gasteiger partial charge in [0.15, 0.2) is 0 Å². The number of carbonyl (C=O) groups is 3. The minimum atomic E-state index is -1.17. The summed E-state index contributed by atoms with van der Waals surface area (Å²) in [6.45, 7) is 0.225. The van der Waals surface area contributed by atoms with Crippen molar-refractivity contribution in [2.75, 3.05) is 5.32 Å². The van der Waals surface area contributed by atoms with E-state index in [0.717, 1.165) is 31.2 Å². The second-order valence-electron chi connectivity index (χ2n) is 10.2. The average molecular weight is 487 g/mol. The van der Waals surface area contributed by atoms with Crippen LogP contribution in [0.2, 0.25) is 0 Å². The molecule has 4 aliphatic rings. The van der Waals surface area contributed by atoms with Crippen LogP contribution in [-0.4, -0.2) is 51.4 Å². The number of rotatable bonds is 6. The van der Waals surface area contributed by atoms with Crippen molar-refractivity contribution in [2.24, 2.45) is 11.8 Å². The van der Waals surface area contributed by atoms with Crippen LogP contribution in [0.1, 0.15) is 37.7 Å². The third-order valence-electron chi connectivity index (χ3n) is 7.99. The SMILES string of the molecule is O=C(Nc1ccccc1)[C@@H]1[C@@H]2C=C[C@]3(O2)[C@@H]1C(=O)N(Cc1cccnc1)[C@@H]3C(=O)NC1CCCCC1. The maximum atomic E-state index is 14.0. The molecule has 3 amide bonds. The smallest absolute Gasteiger partial charge is 0.246 e. The van der Waals surface area contributed by atoms with Crippen molar-refractivity contribution < 1.29 is 19.1 Å². The molecular formula is C28H30N4O4. The number of nitrogens with zero attached hydrogens (tertiary/aromatic N) is 2. The molecule has 0 radical (unpaired) electrons. The number of nitrogens with one attached hydrogen (secondary N) is 2. The number of anilines is 1. The first-order chi connectivity index (χ1) is 17.6. The lowest BCUT2D eigenvalue weighted by Gasteiger charge is -2.34. The molecule has 5 atom stereocenters. The van der Waals surface area contributed by atoms with Crippen molar-refractivity contribution in [1.82, 2.24) is 15.2 Å². The van der Waals surface area contributed by atoms with E-state index in [1.807, 2.05) is 54.6 Å². The molecular weight excluding hydrogens is 456 g/mol. The van der Waals surface area contributed by atoms with Gasteiger partial charge in [-0.15, -0.1) is 0 Å². The monoisotopic (exact) mass is 486 g/mol. The van der Waals surface area contributed by atoms with E-state index in [9.17, 15) is 14.4 Å². The molecule has 6 rings (SSSR count). The summed E-state index contributed by atoms with van der Waals surface area (Å²) < 4.78 is 6.41. The molecule has 186 valence electrons. The van der Waals surface area contributed by atoms with Crippen LogP contribution in [0.4, 0.5) is 5.69 Å². The molecule has 1 aliphatic carbocycles. The highest BCUT2D eigenvalue weighted by Crippen LogP contribution is 2.55. The van der Waals surface area contributed by atoms with Gasteiger partial charge in [-0.1, -0.05) is 55.7 Å². The third-order valence-corrected chi connectivity index (χ3v) is 7.99. The number of aromatic nitrogens is 1. The van der Waals surface area contributed by atoms with Gasteiger partial charge in [0.25, 0.3) is 0 Å². The van der Waals surface area contributed by atoms with Gasteiger partial charge in [0.2, 0.25) is 17.7 Å². The Morgan fingerprint density at radius 3 is 2.61 bits per heavy atom. The number of ether oxygens (including phenoxy) is 1. The predicted octanol–water partition coefficient (Wildman–Crippen LogP) is 2.82. The summed E-state index contributed by atoms with van der Waals surface area (Å²) in [5.41, 5.74) is 0.315. The molecule has 8 nitrogen and oxygen atoms in total. The first-order valence-corrected chi connectivity index (χ1v) is 12.8. The van der Waals surface area contributed by atoms with E-state index in [1.165, 1.54) is 6.42 Å². The van der Waals surface area contributed by atoms with Crippen molar-refractivity contribution in [3.05, 3.63) is 72.6 Å². The summed E-state index contributed by atoms with van der Waals surface area (Å²) in [5.74, 6) is -2.20. The van der Waals surface area contributed by atoms with Crippen LogP contribution in [0.25, 0.3) is 0 Å². The minimum absolute atomic E-state index is 0.0943. The average Bonchev–Trinajstić information content (AvgIpc) is 3.53. The molecule has 4 heterocycles. The summed E-state index contributed by atoms with van der Waals surface area (Å²) >= 11 is 0. The Hall–Kier alpha value is -3.52. The topological polar surface area (TPSA) is 101 Å². The standard InChI is InChI=1S/C28H30N4O4/c33-25(30-19-9-3-1-4-10-19)22-21-13-14-28(36-21)23(22)27(35)32(17-18-8-7-15-29-16-18)24(28)26(34)31-20-11-5-2-6-12-20/h1,3-4,7-10,13-16,20-24H,2,5-6,11-12,17H2,(H,30,33)(H,31,34)/t21-,22+,23-,24+,28-/m0/s1. The molecule has 2 N–H and O–H groups in total. The van der Waals surface area contributed by atoms with E-state index < -0.39 is 29.6 Å². The number of likely N-dealkylation sites (tertiary alicyclic amines) is 1. The fourth-order valence-corrected chi connectivity index (χ4v) is 6.40. The Bertz CT molecular complexity index is 1180. The zero-order valence-electron chi connectivity index (χ0n) is 20.0.